The first-order chi connectivity index (χ1) is 3.88. The molecule has 1 aliphatic rings. The third-order valence-corrected chi connectivity index (χ3v) is 1.64. The van der Waals surface area contributed by atoms with Crippen molar-refractivity contribution < 1.29 is 10.2 Å². The van der Waals surface area contributed by atoms with Crippen LogP contribution in [0.4, 0.5) is 0 Å². The van der Waals surface area contributed by atoms with Gasteiger partial charge < -0.3 is 15.5 Å². The van der Waals surface area contributed by atoms with Gasteiger partial charge in [0.2, 0.25) is 0 Å². The molecule has 0 bridgehead atoms. The van der Waals surface area contributed by atoms with E-state index < -0.39 is 0 Å². The smallest absolute Gasteiger partial charge is 0.0588 e. The lowest BCUT2D eigenvalue weighted by molar-refractivity contribution is 0.0841. The maximum absolute atomic E-state index is 8.54. The first-order valence-corrected chi connectivity index (χ1v) is 2.83. The van der Waals surface area contributed by atoms with Gasteiger partial charge in [0.1, 0.15) is 0 Å². The van der Waals surface area contributed by atoms with Crippen molar-refractivity contribution in [2.24, 2.45) is 5.92 Å². The van der Waals surface area contributed by atoms with E-state index in [2.05, 4.69) is 5.32 Å². The molecule has 0 aromatic carbocycles. The summed E-state index contributed by atoms with van der Waals surface area (Å²) in [5, 5.41) is 20.0. The van der Waals surface area contributed by atoms with Gasteiger partial charge in [-0.3, -0.25) is 0 Å². The van der Waals surface area contributed by atoms with Crippen molar-refractivity contribution in [2.45, 2.75) is 6.04 Å². The predicted molar refractivity (Wildman–Crippen MR) is 29.5 cm³/mol. The average Bonchev–Trinajstić information content (AvgIpc) is 1.66. The molecule has 0 aliphatic carbocycles. The van der Waals surface area contributed by atoms with Crippen LogP contribution in [0, 0.1) is 5.92 Å². The molecule has 2 atom stereocenters. The second-order valence-corrected chi connectivity index (χ2v) is 2.14. The van der Waals surface area contributed by atoms with Crippen LogP contribution in [0.15, 0.2) is 0 Å². The zero-order valence-corrected chi connectivity index (χ0v) is 4.67. The molecule has 0 aromatic heterocycles. The Morgan fingerprint density at radius 3 is 2.25 bits per heavy atom. The molecule has 3 nitrogen and oxygen atoms in total. The van der Waals surface area contributed by atoms with E-state index in [1.54, 1.807) is 0 Å². The molecule has 1 aliphatic heterocycles. The Morgan fingerprint density at radius 2 is 2.12 bits per heavy atom. The van der Waals surface area contributed by atoms with Crippen LogP contribution in [0.2, 0.25) is 0 Å². The minimum Gasteiger partial charge on any atom is -0.396 e. The fourth-order valence-electron chi connectivity index (χ4n) is 0.857. The Morgan fingerprint density at radius 1 is 1.38 bits per heavy atom. The predicted octanol–water partition coefficient (Wildman–Crippen LogP) is -1.44. The SMILES string of the molecule is OC[C@H]1CN[C@@H]1CO. The first kappa shape index (κ1) is 6.01. The highest BCUT2D eigenvalue weighted by atomic mass is 16.3. The van der Waals surface area contributed by atoms with E-state index >= 15 is 0 Å². The maximum Gasteiger partial charge on any atom is 0.0588 e. The van der Waals surface area contributed by atoms with Crippen LogP contribution < -0.4 is 5.32 Å². The van der Waals surface area contributed by atoms with Gasteiger partial charge in [-0.05, 0) is 0 Å². The molecule has 1 fully saturated rings. The lowest BCUT2D eigenvalue weighted by atomic mass is 9.94. The normalized spacial score (nSPS) is 36.8. The first-order valence-electron chi connectivity index (χ1n) is 2.83. The summed E-state index contributed by atoms with van der Waals surface area (Å²) in [7, 11) is 0. The molecule has 8 heavy (non-hydrogen) atoms. The molecule has 3 N–H and O–H groups in total. The fourth-order valence-corrected chi connectivity index (χ4v) is 0.857. The lowest BCUT2D eigenvalue weighted by Crippen LogP contribution is -2.56. The Labute approximate surface area is 48.3 Å². The van der Waals surface area contributed by atoms with Gasteiger partial charge in [-0.15, -0.1) is 0 Å². The van der Waals surface area contributed by atoms with Crippen molar-refractivity contribution in [3.63, 3.8) is 0 Å². The van der Waals surface area contributed by atoms with Crippen LogP contribution in [0.25, 0.3) is 0 Å². The molecule has 0 aromatic rings. The molecule has 0 saturated carbocycles. The van der Waals surface area contributed by atoms with Gasteiger partial charge in [0.05, 0.1) is 6.61 Å². The molecule has 0 amide bonds. The molecule has 48 valence electrons. The van der Waals surface area contributed by atoms with Crippen LogP contribution in [0.5, 0.6) is 0 Å². The summed E-state index contributed by atoms with van der Waals surface area (Å²) < 4.78 is 0. The number of aliphatic hydroxyl groups is 2. The van der Waals surface area contributed by atoms with Gasteiger partial charge in [0.25, 0.3) is 0 Å². The minimum atomic E-state index is 0.144. The van der Waals surface area contributed by atoms with E-state index in [1.807, 2.05) is 0 Å². The molecule has 0 unspecified atom stereocenters. The molecular weight excluding hydrogens is 106 g/mol. The van der Waals surface area contributed by atoms with Crippen molar-refractivity contribution in [1.82, 2.24) is 5.32 Å². The molecule has 1 saturated heterocycles. The standard InChI is InChI=1S/C5H11NO2/c7-2-4-1-6-5(4)3-8/h4-8H,1-3H2/t4-,5-/m1/s1. The van der Waals surface area contributed by atoms with Crippen molar-refractivity contribution >= 4 is 0 Å². The van der Waals surface area contributed by atoms with E-state index in [0.717, 1.165) is 6.54 Å². The number of hydrogen-bond donors (Lipinski definition) is 3. The summed E-state index contributed by atoms with van der Waals surface area (Å²) in [6, 6.07) is 0.153. The number of hydrogen-bond acceptors (Lipinski definition) is 3. The minimum absolute atomic E-state index is 0.144. The van der Waals surface area contributed by atoms with E-state index in [-0.39, 0.29) is 19.3 Å². The van der Waals surface area contributed by atoms with Gasteiger partial charge in [-0.2, -0.15) is 0 Å². The summed E-state index contributed by atoms with van der Waals surface area (Å²) in [5.41, 5.74) is 0. The van der Waals surface area contributed by atoms with Crippen molar-refractivity contribution in [1.29, 1.82) is 0 Å². The Hall–Kier alpha value is -0.120. The highest BCUT2D eigenvalue weighted by molar-refractivity contribution is 4.86. The Kier molecular flexibility index (Phi) is 1.83. The van der Waals surface area contributed by atoms with Crippen molar-refractivity contribution in [3.05, 3.63) is 0 Å². The van der Waals surface area contributed by atoms with Crippen LogP contribution in [-0.4, -0.2) is 36.0 Å². The molecule has 0 radical (unpaired) electrons. The molecule has 1 heterocycles. The van der Waals surface area contributed by atoms with Gasteiger partial charge >= 0.3 is 0 Å². The van der Waals surface area contributed by atoms with E-state index in [1.165, 1.54) is 0 Å². The maximum atomic E-state index is 8.54. The quantitative estimate of drug-likeness (QED) is 0.415. The topological polar surface area (TPSA) is 52.5 Å². The third-order valence-electron chi connectivity index (χ3n) is 1.64. The van der Waals surface area contributed by atoms with Gasteiger partial charge in [0, 0.05) is 25.1 Å². The van der Waals surface area contributed by atoms with E-state index in [4.69, 9.17) is 10.2 Å². The van der Waals surface area contributed by atoms with Crippen molar-refractivity contribution in [3.8, 4) is 0 Å². The summed E-state index contributed by atoms with van der Waals surface area (Å²) in [6.45, 7) is 1.19. The van der Waals surface area contributed by atoms with Crippen LogP contribution in [0.1, 0.15) is 0 Å². The Bertz CT molecular complexity index is 62.8. The summed E-state index contributed by atoms with van der Waals surface area (Å²) in [4.78, 5) is 0. The highest BCUT2D eigenvalue weighted by Gasteiger charge is 2.27. The Balaban J connectivity index is 2.16. The second-order valence-electron chi connectivity index (χ2n) is 2.14. The third kappa shape index (κ3) is 0.844. The van der Waals surface area contributed by atoms with E-state index in [9.17, 15) is 0 Å². The summed E-state index contributed by atoms with van der Waals surface area (Å²) in [6.07, 6.45) is 0. The summed E-state index contributed by atoms with van der Waals surface area (Å²) in [5.74, 6) is 0.292. The fraction of sp³-hybridized carbons (Fsp3) is 1.00. The van der Waals surface area contributed by atoms with Crippen LogP contribution in [-0.2, 0) is 0 Å². The van der Waals surface area contributed by atoms with Gasteiger partial charge in [-0.25, -0.2) is 0 Å². The average molecular weight is 117 g/mol. The number of aliphatic hydroxyl groups excluding tert-OH is 2. The van der Waals surface area contributed by atoms with E-state index in [0.29, 0.717) is 5.92 Å². The molecule has 1 rings (SSSR count). The van der Waals surface area contributed by atoms with Crippen LogP contribution in [0.3, 0.4) is 0 Å². The monoisotopic (exact) mass is 117 g/mol. The van der Waals surface area contributed by atoms with Crippen molar-refractivity contribution in [2.75, 3.05) is 19.8 Å². The number of nitrogens with one attached hydrogen (secondary N) is 1. The lowest BCUT2D eigenvalue weighted by Gasteiger charge is -2.35. The second kappa shape index (κ2) is 2.44. The van der Waals surface area contributed by atoms with Gasteiger partial charge in [0.15, 0.2) is 0 Å². The molecule has 3 heteroatoms. The zero-order valence-electron chi connectivity index (χ0n) is 4.67. The summed E-state index contributed by atoms with van der Waals surface area (Å²) >= 11 is 0. The molecule has 0 spiro atoms. The van der Waals surface area contributed by atoms with Gasteiger partial charge in [-0.1, -0.05) is 0 Å². The molecular formula is C5H11NO2. The zero-order chi connectivity index (χ0) is 5.98. The number of rotatable bonds is 2. The van der Waals surface area contributed by atoms with Crippen LogP contribution >= 0.6 is 0 Å². The highest BCUT2D eigenvalue weighted by Crippen LogP contribution is 2.10. The largest absolute Gasteiger partial charge is 0.396 e.